The number of amides is 2. The highest BCUT2D eigenvalue weighted by atomic mass is 32.2. The number of halogens is 1. The van der Waals surface area contributed by atoms with Crippen LogP contribution in [0.2, 0.25) is 0 Å². The Labute approximate surface area is 173 Å². The number of rotatable bonds is 5. The van der Waals surface area contributed by atoms with E-state index in [1.165, 1.54) is 30.3 Å². The molecule has 1 aliphatic rings. The molecule has 148 valence electrons. The molecule has 0 spiro atoms. The maximum atomic E-state index is 13.0. The Morgan fingerprint density at radius 2 is 1.90 bits per heavy atom. The number of aromatic carboxylic acids is 1. The van der Waals surface area contributed by atoms with Crippen molar-refractivity contribution in [3.05, 3.63) is 64.3 Å². The molecule has 2 aromatic rings. The van der Waals surface area contributed by atoms with Gasteiger partial charge in [0.15, 0.2) is 0 Å². The van der Waals surface area contributed by atoms with Crippen molar-refractivity contribution in [1.29, 1.82) is 0 Å². The third-order valence-corrected chi connectivity index (χ3v) is 5.23. The Balaban J connectivity index is 1.68. The van der Waals surface area contributed by atoms with Crippen molar-refractivity contribution in [3.63, 3.8) is 0 Å². The lowest BCUT2D eigenvalue weighted by molar-refractivity contribution is -0.126. The Morgan fingerprint density at radius 1 is 1.21 bits per heavy atom. The molecule has 0 aliphatic carbocycles. The number of carbonyl (C=O) groups is 3. The fraction of sp³-hybridized carbons (Fsp3) is 0.0526. The summed E-state index contributed by atoms with van der Waals surface area (Å²) >= 11 is 6.19. The van der Waals surface area contributed by atoms with Crippen LogP contribution in [0.25, 0.3) is 6.08 Å². The molecule has 1 aliphatic heterocycles. The van der Waals surface area contributed by atoms with E-state index in [1.54, 1.807) is 6.08 Å². The Bertz CT molecular complexity index is 1050. The van der Waals surface area contributed by atoms with Crippen molar-refractivity contribution >= 4 is 57.8 Å². The molecule has 0 radical (unpaired) electrons. The van der Waals surface area contributed by atoms with Gasteiger partial charge in [-0.2, -0.15) is 0 Å². The second-order valence-corrected chi connectivity index (χ2v) is 7.58. The lowest BCUT2D eigenvalue weighted by Gasteiger charge is -2.14. The summed E-state index contributed by atoms with van der Waals surface area (Å²) in [6.07, 6.45) is 1.55. The minimum absolute atomic E-state index is 0.171. The lowest BCUT2D eigenvalue weighted by atomic mass is 10.2. The molecule has 0 bridgehead atoms. The fourth-order valence-electron chi connectivity index (χ4n) is 2.48. The molecule has 2 amide bonds. The smallest absolute Gasteiger partial charge is 0.339 e. The molecule has 1 fully saturated rings. The van der Waals surface area contributed by atoms with Gasteiger partial charge in [-0.25, -0.2) is 9.18 Å². The Morgan fingerprint density at radius 3 is 2.52 bits per heavy atom. The van der Waals surface area contributed by atoms with Crippen molar-refractivity contribution in [2.24, 2.45) is 0 Å². The molecular weight excluding hydrogens is 419 g/mol. The predicted octanol–water partition coefficient (Wildman–Crippen LogP) is 3.07. The highest BCUT2D eigenvalue weighted by Crippen LogP contribution is 2.32. The molecule has 0 saturated carbocycles. The van der Waals surface area contributed by atoms with Gasteiger partial charge in [-0.05, 0) is 35.9 Å². The molecule has 0 aromatic heterocycles. The average molecular weight is 432 g/mol. The van der Waals surface area contributed by atoms with E-state index in [-0.39, 0.29) is 22.1 Å². The number of phenols is 1. The van der Waals surface area contributed by atoms with Gasteiger partial charge in [0, 0.05) is 11.8 Å². The van der Waals surface area contributed by atoms with Gasteiger partial charge >= 0.3 is 5.97 Å². The largest absolute Gasteiger partial charge is 0.507 e. The van der Waals surface area contributed by atoms with Crippen LogP contribution in [-0.4, -0.2) is 43.8 Å². The molecule has 3 N–H and O–H groups in total. The number of carboxylic acid groups (broad SMARTS) is 1. The Kier molecular flexibility index (Phi) is 5.95. The molecule has 1 heterocycles. The summed E-state index contributed by atoms with van der Waals surface area (Å²) < 4.78 is 13.2. The third kappa shape index (κ3) is 4.79. The summed E-state index contributed by atoms with van der Waals surface area (Å²) in [5, 5.41) is 21.1. The molecule has 0 atom stereocenters. The number of hydrogen-bond acceptors (Lipinski definition) is 6. The first-order valence-corrected chi connectivity index (χ1v) is 9.34. The van der Waals surface area contributed by atoms with E-state index < -0.39 is 29.4 Å². The number of carboxylic acids is 1. The van der Waals surface area contributed by atoms with Crippen LogP contribution in [0.3, 0.4) is 0 Å². The maximum Gasteiger partial charge on any atom is 0.339 e. The summed E-state index contributed by atoms with van der Waals surface area (Å²) in [5.41, 5.74) is 0.487. The van der Waals surface area contributed by atoms with Crippen molar-refractivity contribution in [3.8, 4) is 5.75 Å². The number of thiocarbonyl (C=S) groups is 1. The highest BCUT2D eigenvalue weighted by Gasteiger charge is 2.33. The SMILES string of the molecule is O=C(CN1C(=O)C(=Cc2ccc(F)cc2)SC1=S)Nc1ccc(C(=O)O)c(O)c1. The second-order valence-electron chi connectivity index (χ2n) is 5.90. The predicted molar refractivity (Wildman–Crippen MR) is 110 cm³/mol. The zero-order valence-corrected chi connectivity index (χ0v) is 16.2. The van der Waals surface area contributed by atoms with E-state index in [0.717, 1.165) is 28.8 Å². The standard InChI is InChI=1S/C19H13FN2O5S2/c20-11-3-1-10(2-4-11)7-15-17(25)22(19(28)29-15)9-16(24)21-12-5-6-13(18(26)27)14(23)8-12/h1-8,23H,9H2,(H,21,24)(H,26,27). The van der Waals surface area contributed by atoms with Gasteiger partial charge in [0.25, 0.3) is 5.91 Å². The first-order chi connectivity index (χ1) is 13.7. The number of hydrogen-bond donors (Lipinski definition) is 3. The summed E-state index contributed by atoms with van der Waals surface area (Å²) in [6.45, 7) is -0.354. The van der Waals surface area contributed by atoms with E-state index in [2.05, 4.69) is 5.32 Å². The van der Waals surface area contributed by atoms with Crippen LogP contribution in [0.5, 0.6) is 5.75 Å². The number of benzene rings is 2. The zero-order valence-electron chi connectivity index (χ0n) is 14.6. The zero-order chi connectivity index (χ0) is 21.1. The quantitative estimate of drug-likeness (QED) is 0.492. The number of nitrogens with zero attached hydrogens (tertiary/aromatic N) is 1. The number of anilines is 1. The molecular formula is C19H13FN2O5S2. The number of aromatic hydroxyl groups is 1. The minimum Gasteiger partial charge on any atom is -0.507 e. The van der Waals surface area contributed by atoms with E-state index >= 15 is 0 Å². The average Bonchev–Trinajstić information content (AvgIpc) is 2.90. The van der Waals surface area contributed by atoms with Crippen LogP contribution in [-0.2, 0) is 9.59 Å². The first kappa shape index (κ1) is 20.5. The Hall–Kier alpha value is -3.24. The highest BCUT2D eigenvalue weighted by molar-refractivity contribution is 8.26. The summed E-state index contributed by atoms with van der Waals surface area (Å²) in [4.78, 5) is 37.1. The van der Waals surface area contributed by atoms with Crippen LogP contribution in [0, 0.1) is 5.82 Å². The van der Waals surface area contributed by atoms with Crippen molar-refractivity contribution in [1.82, 2.24) is 4.90 Å². The van der Waals surface area contributed by atoms with Crippen molar-refractivity contribution < 1.29 is 29.0 Å². The van der Waals surface area contributed by atoms with Crippen LogP contribution in [0.15, 0.2) is 47.4 Å². The normalized spacial score (nSPS) is 15.1. The van der Waals surface area contributed by atoms with E-state index in [9.17, 15) is 23.9 Å². The fourth-order valence-corrected chi connectivity index (χ4v) is 3.74. The molecule has 10 heteroatoms. The van der Waals surface area contributed by atoms with E-state index in [1.807, 2.05) is 0 Å². The summed E-state index contributed by atoms with van der Waals surface area (Å²) in [7, 11) is 0. The van der Waals surface area contributed by atoms with Crippen molar-refractivity contribution in [2.45, 2.75) is 0 Å². The van der Waals surface area contributed by atoms with Crippen LogP contribution >= 0.6 is 24.0 Å². The minimum atomic E-state index is -1.30. The molecule has 3 rings (SSSR count). The van der Waals surface area contributed by atoms with E-state index in [4.69, 9.17) is 17.3 Å². The molecule has 1 saturated heterocycles. The molecule has 0 unspecified atom stereocenters. The molecule has 2 aromatic carbocycles. The summed E-state index contributed by atoms with van der Waals surface area (Å²) in [6, 6.07) is 9.14. The van der Waals surface area contributed by atoms with Gasteiger partial charge in [0.1, 0.15) is 28.0 Å². The summed E-state index contributed by atoms with van der Waals surface area (Å²) in [5.74, 6) is -3.22. The van der Waals surface area contributed by atoms with Crippen molar-refractivity contribution in [2.75, 3.05) is 11.9 Å². The third-order valence-electron chi connectivity index (χ3n) is 3.85. The second kappa shape index (κ2) is 8.41. The molecule has 7 nitrogen and oxygen atoms in total. The van der Waals surface area contributed by atoms with Crippen LogP contribution < -0.4 is 5.32 Å². The van der Waals surface area contributed by atoms with Crippen LogP contribution in [0.4, 0.5) is 10.1 Å². The van der Waals surface area contributed by atoms with E-state index in [0.29, 0.717) is 10.5 Å². The number of carbonyl (C=O) groups excluding carboxylic acids is 2. The lowest BCUT2D eigenvalue weighted by Crippen LogP contribution is -2.36. The molecule has 29 heavy (non-hydrogen) atoms. The van der Waals surface area contributed by atoms with Gasteiger partial charge in [-0.15, -0.1) is 0 Å². The maximum absolute atomic E-state index is 13.0. The monoisotopic (exact) mass is 432 g/mol. The van der Waals surface area contributed by atoms with Gasteiger partial charge < -0.3 is 15.5 Å². The number of thioether (sulfide) groups is 1. The van der Waals surface area contributed by atoms with Gasteiger partial charge in [0.05, 0.1) is 4.91 Å². The number of nitrogens with one attached hydrogen (secondary N) is 1. The van der Waals surface area contributed by atoms with Gasteiger partial charge in [-0.1, -0.05) is 36.1 Å². The van der Waals surface area contributed by atoms with Gasteiger partial charge in [-0.3, -0.25) is 14.5 Å². The van der Waals surface area contributed by atoms with Gasteiger partial charge in [0.2, 0.25) is 5.91 Å². The topological polar surface area (TPSA) is 107 Å². The van der Waals surface area contributed by atoms with Crippen LogP contribution in [0.1, 0.15) is 15.9 Å². The first-order valence-electron chi connectivity index (χ1n) is 8.11.